The van der Waals surface area contributed by atoms with Gasteiger partial charge in [-0.05, 0) is 25.5 Å². The van der Waals surface area contributed by atoms with E-state index >= 15 is 0 Å². The standard InChI is InChI=1S/C14H21N5/c1-3-6-16-14(13-5-7-15-11-17-13)12-9-18-19(10-12)8-4-2/h5,7,9-11,14,16H,3-4,6,8H2,1-2H3. The summed E-state index contributed by atoms with van der Waals surface area (Å²) in [7, 11) is 0. The summed E-state index contributed by atoms with van der Waals surface area (Å²) < 4.78 is 1.98. The average Bonchev–Trinajstić information content (AvgIpc) is 2.89. The lowest BCUT2D eigenvalue weighted by Crippen LogP contribution is -2.23. The van der Waals surface area contributed by atoms with Gasteiger partial charge in [0.1, 0.15) is 6.33 Å². The lowest BCUT2D eigenvalue weighted by molar-refractivity contribution is 0.579. The van der Waals surface area contributed by atoms with Crippen LogP contribution in [0.3, 0.4) is 0 Å². The Hall–Kier alpha value is -1.75. The molecule has 2 heterocycles. The summed E-state index contributed by atoms with van der Waals surface area (Å²) in [5.74, 6) is 0. The monoisotopic (exact) mass is 259 g/mol. The number of nitrogens with one attached hydrogen (secondary N) is 1. The highest BCUT2D eigenvalue weighted by Gasteiger charge is 2.16. The summed E-state index contributed by atoms with van der Waals surface area (Å²) in [6, 6.07) is 2.04. The average molecular weight is 259 g/mol. The Morgan fingerprint density at radius 2 is 2.21 bits per heavy atom. The topological polar surface area (TPSA) is 55.6 Å². The molecule has 0 saturated heterocycles. The molecule has 1 atom stereocenters. The van der Waals surface area contributed by atoms with Crippen molar-refractivity contribution in [2.75, 3.05) is 6.54 Å². The molecular formula is C14H21N5. The van der Waals surface area contributed by atoms with Gasteiger partial charge in [-0.15, -0.1) is 0 Å². The highest BCUT2D eigenvalue weighted by Crippen LogP contribution is 2.19. The molecule has 1 N–H and O–H groups in total. The van der Waals surface area contributed by atoms with Crippen molar-refractivity contribution in [1.82, 2.24) is 25.1 Å². The molecule has 0 fully saturated rings. The minimum atomic E-state index is 0.0913. The molecule has 5 nitrogen and oxygen atoms in total. The summed E-state index contributed by atoms with van der Waals surface area (Å²) in [5.41, 5.74) is 2.14. The molecule has 19 heavy (non-hydrogen) atoms. The van der Waals surface area contributed by atoms with Crippen LogP contribution in [0.5, 0.6) is 0 Å². The zero-order chi connectivity index (χ0) is 13.5. The van der Waals surface area contributed by atoms with Gasteiger partial charge in [-0.25, -0.2) is 9.97 Å². The van der Waals surface area contributed by atoms with Crippen LogP contribution in [-0.2, 0) is 6.54 Å². The zero-order valence-electron chi connectivity index (χ0n) is 11.6. The fourth-order valence-electron chi connectivity index (χ4n) is 2.03. The first kappa shape index (κ1) is 13.7. The maximum absolute atomic E-state index is 4.39. The van der Waals surface area contributed by atoms with Crippen molar-refractivity contribution in [3.63, 3.8) is 0 Å². The summed E-state index contributed by atoms with van der Waals surface area (Å²) in [6.45, 7) is 6.21. The van der Waals surface area contributed by atoms with Gasteiger partial charge in [0.15, 0.2) is 0 Å². The van der Waals surface area contributed by atoms with E-state index in [0.29, 0.717) is 0 Å². The van der Waals surface area contributed by atoms with E-state index in [1.54, 1.807) is 12.5 Å². The quantitative estimate of drug-likeness (QED) is 0.828. The Bertz CT molecular complexity index is 480. The van der Waals surface area contributed by atoms with Gasteiger partial charge in [-0.1, -0.05) is 13.8 Å². The fourth-order valence-corrected chi connectivity index (χ4v) is 2.03. The van der Waals surface area contributed by atoms with E-state index < -0.39 is 0 Å². The van der Waals surface area contributed by atoms with Crippen molar-refractivity contribution < 1.29 is 0 Å². The number of nitrogens with zero attached hydrogens (tertiary/aromatic N) is 4. The number of hydrogen-bond donors (Lipinski definition) is 1. The van der Waals surface area contributed by atoms with E-state index in [1.807, 2.05) is 16.9 Å². The summed E-state index contributed by atoms with van der Waals surface area (Å²) in [4.78, 5) is 8.33. The van der Waals surface area contributed by atoms with Crippen LogP contribution < -0.4 is 5.32 Å². The minimum absolute atomic E-state index is 0.0913. The van der Waals surface area contributed by atoms with Crippen molar-refractivity contribution in [2.45, 2.75) is 39.3 Å². The Morgan fingerprint density at radius 1 is 1.32 bits per heavy atom. The van der Waals surface area contributed by atoms with Gasteiger partial charge in [0, 0.05) is 24.5 Å². The molecule has 0 bridgehead atoms. The first-order valence-electron chi connectivity index (χ1n) is 6.86. The third-order valence-corrected chi connectivity index (χ3v) is 2.94. The van der Waals surface area contributed by atoms with Crippen LogP contribution in [0.4, 0.5) is 0 Å². The number of hydrogen-bond acceptors (Lipinski definition) is 4. The molecule has 5 heteroatoms. The molecule has 0 aromatic carbocycles. The molecule has 0 saturated carbocycles. The number of rotatable bonds is 7. The molecule has 0 aliphatic carbocycles. The molecule has 0 amide bonds. The van der Waals surface area contributed by atoms with Crippen molar-refractivity contribution in [1.29, 1.82) is 0 Å². The first-order valence-corrected chi connectivity index (χ1v) is 6.86. The first-order chi connectivity index (χ1) is 9.35. The molecular weight excluding hydrogens is 238 g/mol. The summed E-state index contributed by atoms with van der Waals surface area (Å²) >= 11 is 0. The maximum Gasteiger partial charge on any atom is 0.115 e. The molecule has 2 rings (SSSR count). The van der Waals surface area contributed by atoms with Gasteiger partial charge in [-0.2, -0.15) is 5.10 Å². The second-order valence-corrected chi connectivity index (χ2v) is 4.56. The lowest BCUT2D eigenvalue weighted by atomic mass is 10.1. The highest BCUT2D eigenvalue weighted by molar-refractivity contribution is 5.22. The maximum atomic E-state index is 4.39. The van der Waals surface area contributed by atoms with Gasteiger partial charge < -0.3 is 5.32 Å². The van der Waals surface area contributed by atoms with Crippen LogP contribution in [0.15, 0.2) is 31.0 Å². The SMILES string of the molecule is CCCNC(c1cnn(CCC)c1)c1ccncn1. The number of aromatic nitrogens is 4. The highest BCUT2D eigenvalue weighted by atomic mass is 15.3. The van der Waals surface area contributed by atoms with E-state index in [2.05, 4.69) is 40.4 Å². The smallest absolute Gasteiger partial charge is 0.115 e. The fraction of sp³-hybridized carbons (Fsp3) is 0.500. The van der Waals surface area contributed by atoms with Crippen molar-refractivity contribution >= 4 is 0 Å². The molecule has 1 unspecified atom stereocenters. The largest absolute Gasteiger partial charge is 0.305 e. The predicted octanol–water partition coefficient (Wildman–Crippen LogP) is 2.17. The predicted molar refractivity (Wildman–Crippen MR) is 74.7 cm³/mol. The molecule has 0 aliphatic rings. The van der Waals surface area contributed by atoms with Crippen LogP contribution in [0.1, 0.15) is 44.0 Å². The molecule has 0 aliphatic heterocycles. The van der Waals surface area contributed by atoms with Crippen molar-refractivity contribution in [3.8, 4) is 0 Å². The zero-order valence-corrected chi connectivity index (χ0v) is 11.6. The lowest BCUT2D eigenvalue weighted by Gasteiger charge is -2.16. The van der Waals surface area contributed by atoms with Crippen LogP contribution in [-0.4, -0.2) is 26.3 Å². The van der Waals surface area contributed by atoms with Crippen molar-refractivity contribution in [2.24, 2.45) is 0 Å². The third-order valence-electron chi connectivity index (χ3n) is 2.94. The van der Waals surface area contributed by atoms with Crippen LogP contribution in [0, 0.1) is 0 Å². The summed E-state index contributed by atoms with van der Waals surface area (Å²) in [5, 5.41) is 7.91. The second kappa shape index (κ2) is 6.99. The van der Waals surface area contributed by atoms with E-state index in [1.165, 1.54) is 0 Å². The Kier molecular flexibility index (Phi) is 5.03. The third kappa shape index (κ3) is 3.61. The molecule has 2 aromatic heterocycles. The van der Waals surface area contributed by atoms with Crippen LogP contribution >= 0.6 is 0 Å². The Labute approximate surface area is 114 Å². The molecule has 2 aromatic rings. The second-order valence-electron chi connectivity index (χ2n) is 4.56. The molecule has 0 spiro atoms. The van der Waals surface area contributed by atoms with Gasteiger partial charge in [0.2, 0.25) is 0 Å². The van der Waals surface area contributed by atoms with Gasteiger partial charge in [-0.3, -0.25) is 4.68 Å². The van der Waals surface area contributed by atoms with Gasteiger partial charge in [0.05, 0.1) is 17.9 Å². The van der Waals surface area contributed by atoms with E-state index in [4.69, 9.17) is 0 Å². The molecule has 0 radical (unpaired) electrons. The molecule has 102 valence electrons. The van der Waals surface area contributed by atoms with Gasteiger partial charge in [0.25, 0.3) is 0 Å². The Balaban J connectivity index is 2.21. The van der Waals surface area contributed by atoms with E-state index in [-0.39, 0.29) is 6.04 Å². The minimum Gasteiger partial charge on any atom is -0.305 e. The van der Waals surface area contributed by atoms with Gasteiger partial charge >= 0.3 is 0 Å². The van der Waals surface area contributed by atoms with E-state index in [9.17, 15) is 0 Å². The number of aryl methyl sites for hydroxylation is 1. The Morgan fingerprint density at radius 3 is 2.89 bits per heavy atom. The van der Waals surface area contributed by atoms with Crippen LogP contribution in [0.2, 0.25) is 0 Å². The van der Waals surface area contributed by atoms with Crippen LogP contribution in [0.25, 0.3) is 0 Å². The van der Waals surface area contributed by atoms with E-state index in [0.717, 1.165) is 37.2 Å². The normalized spacial score (nSPS) is 12.5. The summed E-state index contributed by atoms with van der Waals surface area (Å²) in [6.07, 6.45) is 9.56. The van der Waals surface area contributed by atoms with Crippen molar-refractivity contribution in [3.05, 3.63) is 42.2 Å².